The Labute approximate surface area is 89.6 Å². The molecule has 2 aliphatic rings. The van der Waals surface area contributed by atoms with Crippen LogP contribution in [0.1, 0.15) is 24.6 Å². The minimum absolute atomic E-state index is 0.377. The van der Waals surface area contributed by atoms with Crippen molar-refractivity contribution in [1.82, 2.24) is 15.1 Å². The summed E-state index contributed by atoms with van der Waals surface area (Å²) in [6, 6.07) is 2.45. The Morgan fingerprint density at radius 1 is 1.47 bits per heavy atom. The van der Waals surface area contributed by atoms with Crippen molar-refractivity contribution in [3.63, 3.8) is 0 Å². The summed E-state index contributed by atoms with van der Waals surface area (Å²) in [6.45, 7) is 3.63. The number of rotatable bonds is 4. The summed E-state index contributed by atoms with van der Waals surface area (Å²) in [5.74, 6) is 0.846. The fourth-order valence-electron chi connectivity index (χ4n) is 2.05. The van der Waals surface area contributed by atoms with Gasteiger partial charge in [-0.1, -0.05) is 0 Å². The lowest BCUT2D eigenvalue weighted by Gasteiger charge is -2.25. The van der Waals surface area contributed by atoms with Gasteiger partial charge < -0.3 is 10.1 Å². The molecule has 0 spiro atoms. The topological polar surface area (TPSA) is 39.1 Å². The average Bonchev–Trinajstić information content (AvgIpc) is 2.95. The molecule has 1 aliphatic heterocycles. The van der Waals surface area contributed by atoms with Gasteiger partial charge in [0.1, 0.15) is 0 Å². The molecular weight excluding hydrogens is 190 g/mol. The summed E-state index contributed by atoms with van der Waals surface area (Å²) in [5.41, 5.74) is 1.27. The zero-order valence-electron chi connectivity index (χ0n) is 8.85. The number of nitrogens with one attached hydrogen (secondary N) is 1. The van der Waals surface area contributed by atoms with Crippen LogP contribution >= 0.6 is 0 Å². The first-order valence-electron chi connectivity index (χ1n) is 5.74. The Morgan fingerprint density at radius 2 is 2.40 bits per heavy atom. The van der Waals surface area contributed by atoms with Crippen LogP contribution in [0.15, 0.2) is 12.3 Å². The van der Waals surface area contributed by atoms with Crippen LogP contribution in [0.3, 0.4) is 0 Å². The second kappa shape index (κ2) is 3.94. The highest BCUT2D eigenvalue weighted by Crippen LogP contribution is 2.29. The maximum Gasteiger partial charge on any atom is 0.0880 e. The number of ether oxygens (including phenoxy) is 1. The van der Waals surface area contributed by atoms with E-state index in [4.69, 9.17) is 4.74 Å². The van der Waals surface area contributed by atoms with Gasteiger partial charge in [0.15, 0.2) is 0 Å². The minimum atomic E-state index is 0.377. The van der Waals surface area contributed by atoms with Gasteiger partial charge in [-0.15, -0.1) is 0 Å². The van der Waals surface area contributed by atoms with E-state index < -0.39 is 0 Å². The summed E-state index contributed by atoms with van der Waals surface area (Å²) in [6.07, 6.45) is 4.59. The molecule has 3 rings (SSSR count). The Bertz CT molecular complexity index is 332. The SMILES string of the molecule is c1cc2n(n1)[C@@H](COCC1CC1)CNC2. The van der Waals surface area contributed by atoms with Crippen LogP contribution in [0, 0.1) is 5.92 Å². The van der Waals surface area contributed by atoms with Crippen molar-refractivity contribution in [1.29, 1.82) is 0 Å². The fourth-order valence-corrected chi connectivity index (χ4v) is 2.05. The Kier molecular flexibility index (Phi) is 2.46. The molecule has 1 N–H and O–H groups in total. The van der Waals surface area contributed by atoms with Gasteiger partial charge in [-0.25, -0.2) is 0 Å². The number of fused-ring (bicyclic) bond motifs is 1. The smallest absolute Gasteiger partial charge is 0.0880 e. The van der Waals surface area contributed by atoms with Crippen molar-refractivity contribution in [2.45, 2.75) is 25.4 Å². The van der Waals surface area contributed by atoms with Crippen LogP contribution in [0.4, 0.5) is 0 Å². The normalized spacial score (nSPS) is 25.2. The number of nitrogens with zero attached hydrogens (tertiary/aromatic N) is 2. The molecule has 1 fully saturated rings. The van der Waals surface area contributed by atoms with Gasteiger partial charge in [0.05, 0.1) is 18.3 Å². The Hall–Kier alpha value is -0.870. The van der Waals surface area contributed by atoms with Crippen LogP contribution in [-0.2, 0) is 11.3 Å². The van der Waals surface area contributed by atoms with Gasteiger partial charge in [0.2, 0.25) is 0 Å². The van der Waals surface area contributed by atoms with Crippen LogP contribution in [-0.4, -0.2) is 29.5 Å². The second-order valence-electron chi connectivity index (χ2n) is 4.53. The average molecular weight is 207 g/mol. The minimum Gasteiger partial charge on any atom is -0.379 e. The first kappa shape index (κ1) is 9.36. The number of hydrogen-bond acceptors (Lipinski definition) is 3. The summed E-state index contributed by atoms with van der Waals surface area (Å²) < 4.78 is 7.82. The van der Waals surface area contributed by atoms with E-state index in [1.54, 1.807) is 0 Å². The van der Waals surface area contributed by atoms with Crippen LogP contribution in [0.2, 0.25) is 0 Å². The van der Waals surface area contributed by atoms with Crippen molar-refractivity contribution < 1.29 is 4.74 Å². The van der Waals surface area contributed by atoms with E-state index in [9.17, 15) is 0 Å². The molecule has 0 unspecified atom stereocenters. The molecule has 0 saturated heterocycles. The maximum absolute atomic E-state index is 5.72. The maximum atomic E-state index is 5.72. The van der Waals surface area contributed by atoms with E-state index in [0.29, 0.717) is 6.04 Å². The largest absolute Gasteiger partial charge is 0.379 e. The highest BCUT2D eigenvalue weighted by molar-refractivity contribution is 5.04. The molecule has 1 aliphatic carbocycles. The Balaban J connectivity index is 1.57. The molecule has 1 aromatic rings. The number of hydrogen-bond donors (Lipinski definition) is 1. The summed E-state index contributed by atoms with van der Waals surface area (Å²) in [7, 11) is 0. The second-order valence-corrected chi connectivity index (χ2v) is 4.53. The highest BCUT2D eigenvalue weighted by atomic mass is 16.5. The van der Waals surface area contributed by atoms with E-state index in [1.165, 1.54) is 18.5 Å². The van der Waals surface area contributed by atoms with Crippen molar-refractivity contribution in [3.8, 4) is 0 Å². The first-order valence-corrected chi connectivity index (χ1v) is 5.74. The third kappa shape index (κ3) is 2.06. The Morgan fingerprint density at radius 3 is 3.27 bits per heavy atom. The molecule has 0 aromatic carbocycles. The molecule has 4 heteroatoms. The van der Waals surface area contributed by atoms with Crippen LogP contribution in [0.25, 0.3) is 0 Å². The molecule has 0 amide bonds. The van der Waals surface area contributed by atoms with Gasteiger partial charge in [-0.2, -0.15) is 5.10 Å². The van der Waals surface area contributed by atoms with Crippen LogP contribution < -0.4 is 5.32 Å². The molecule has 1 saturated carbocycles. The predicted molar refractivity (Wildman–Crippen MR) is 56.5 cm³/mol. The summed E-state index contributed by atoms with van der Waals surface area (Å²) in [5, 5.41) is 7.74. The van der Waals surface area contributed by atoms with E-state index in [2.05, 4.69) is 21.2 Å². The summed E-state index contributed by atoms with van der Waals surface area (Å²) in [4.78, 5) is 0. The van der Waals surface area contributed by atoms with Gasteiger partial charge in [0, 0.05) is 25.9 Å². The molecular formula is C11H17N3O. The quantitative estimate of drug-likeness (QED) is 0.799. The lowest BCUT2D eigenvalue weighted by Crippen LogP contribution is -2.36. The van der Waals surface area contributed by atoms with Crippen molar-refractivity contribution >= 4 is 0 Å². The van der Waals surface area contributed by atoms with E-state index >= 15 is 0 Å². The molecule has 0 bridgehead atoms. The molecule has 1 atom stereocenters. The van der Waals surface area contributed by atoms with Gasteiger partial charge in [0.25, 0.3) is 0 Å². The van der Waals surface area contributed by atoms with Gasteiger partial charge in [-0.05, 0) is 24.8 Å². The summed E-state index contributed by atoms with van der Waals surface area (Å²) >= 11 is 0. The van der Waals surface area contributed by atoms with Gasteiger partial charge >= 0.3 is 0 Å². The number of aromatic nitrogens is 2. The fraction of sp³-hybridized carbons (Fsp3) is 0.727. The molecule has 15 heavy (non-hydrogen) atoms. The lowest BCUT2D eigenvalue weighted by molar-refractivity contribution is 0.0850. The molecule has 2 heterocycles. The van der Waals surface area contributed by atoms with Gasteiger partial charge in [-0.3, -0.25) is 4.68 Å². The monoisotopic (exact) mass is 207 g/mol. The van der Waals surface area contributed by atoms with Crippen LogP contribution in [0.5, 0.6) is 0 Å². The zero-order chi connectivity index (χ0) is 10.1. The molecule has 82 valence electrons. The van der Waals surface area contributed by atoms with E-state index in [1.807, 2.05) is 6.20 Å². The molecule has 1 aromatic heterocycles. The molecule has 4 nitrogen and oxygen atoms in total. The van der Waals surface area contributed by atoms with Crippen molar-refractivity contribution in [2.24, 2.45) is 5.92 Å². The third-order valence-corrected chi connectivity index (χ3v) is 3.14. The third-order valence-electron chi connectivity index (χ3n) is 3.14. The first-order chi connectivity index (χ1) is 7.43. The predicted octanol–water partition coefficient (Wildman–Crippen LogP) is 0.954. The standard InChI is InChI=1S/C11H17N3O/c1-2-9(1)7-15-8-11-6-12-5-10-3-4-13-14(10)11/h3-4,9,11-12H,1-2,5-8H2/t11-/m1/s1. The molecule has 0 radical (unpaired) electrons. The zero-order valence-corrected chi connectivity index (χ0v) is 8.85. The highest BCUT2D eigenvalue weighted by Gasteiger charge is 2.23. The lowest BCUT2D eigenvalue weighted by atomic mass is 10.2. The van der Waals surface area contributed by atoms with Crippen molar-refractivity contribution in [3.05, 3.63) is 18.0 Å². The van der Waals surface area contributed by atoms with E-state index in [-0.39, 0.29) is 0 Å². The van der Waals surface area contributed by atoms with Crippen molar-refractivity contribution in [2.75, 3.05) is 19.8 Å². The van der Waals surface area contributed by atoms with E-state index in [0.717, 1.165) is 32.2 Å².